The van der Waals surface area contributed by atoms with Crippen molar-refractivity contribution >= 4 is 17.8 Å². The first-order chi connectivity index (χ1) is 8.47. The van der Waals surface area contributed by atoms with Gasteiger partial charge in [0.05, 0.1) is 7.11 Å². The molecule has 1 atom stereocenters. The molecule has 0 aromatic carbocycles. The van der Waals surface area contributed by atoms with Gasteiger partial charge in [0.2, 0.25) is 5.91 Å². The largest absolute Gasteiger partial charge is 0.480 e. The Morgan fingerprint density at radius 2 is 2.00 bits per heavy atom. The molecule has 1 unspecified atom stereocenters. The minimum Gasteiger partial charge on any atom is -0.480 e. The zero-order valence-corrected chi connectivity index (χ0v) is 10.7. The number of carbonyl (C=O) groups is 3. The van der Waals surface area contributed by atoms with Crippen molar-refractivity contribution in [3.8, 4) is 0 Å². The molecule has 0 radical (unpaired) electrons. The van der Waals surface area contributed by atoms with Crippen molar-refractivity contribution in [2.24, 2.45) is 5.41 Å². The number of carbonyl (C=O) groups excluding carboxylic acids is 2. The van der Waals surface area contributed by atoms with Gasteiger partial charge in [-0.3, -0.25) is 9.59 Å². The summed E-state index contributed by atoms with van der Waals surface area (Å²) in [6.07, 6.45) is 2.77. The molecule has 6 nitrogen and oxygen atoms in total. The van der Waals surface area contributed by atoms with Crippen LogP contribution >= 0.6 is 0 Å². The molecule has 0 heterocycles. The maximum atomic E-state index is 11.9. The predicted octanol–water partition coefficient (Wildman–Crippen LogP) is 0.699. The summed E-state index contributed by atoms with van der Waals surface area (Å²) in [5.74, 6) is -2.19. The second-order valence-electron chi connectivity index (χ2n) is 4.58. The van der Waals surface area contributed by atoms with E-state index in [9.17, 15) is 14.4 Å². The Labute approximate surface area is 106 Å². The second-order valence-corrected chi connectivity index (χ2v) is 4.58. The van der Waals surface area contributed by atoms with Crippen LogP contribution < -0.4 is 5.32 Å². The molecular weight excluding hydrogens is 238 g/mol. The number of carboxylic acid groups (broad SMARTS) is 1. The first kappa shape index (κ1) is 14.5. The molecule has 6 heteroatoms. The van der Waals surface area contributed by atoms with Crippen molar-refractivity contribution in [2.45, 2.75) is 45.1 Å². The van der Waals surface area contributed by atoms with E-state index < -0.39 is 29.3 Å². The number of amides is 1. The van der Waals surface area contributed by atoms with Crippen molar-refractivity contribution < 1.29 is 24.2 Å². The van der Waals surface area contributed by atoms with Crippen LogP contribution in [0.3, 0.4) is 0 Å². The third-order valence-corrected chi connectivity index (χ3v) is 3.21. The number of aliphatic carboxylic acids is 1. The van der Waals surface area contributed by atoms with Crippen LogP contribution in [0.25, 0.3) is 0 Å². The summed E-state index contributed by atoms with van der Waals surface area (Å²) in [4.78, 5) is 34.4. The molecule has 102 valence electrons. The number of carboxylic acids is 1. The summed E-state index contributed by atoms with van der Waals surface area (Å²) in [5.41, 5.74) is -1.14. The van der Waals surface area contributed by atoms with Gasteiger partial charge in [-0.1, -0.05) is 19.8 Å². The van der Waals surface area contributed by atoms with E-state index in [0.717, 1.165) is 6.42 Å². The molecule has 1 fully saturated rings. The minimum absolute atomic E-state index is 0.370. The van der Waals surface area contributed by atoms with Crippen molar-refractivity contribution in [1.29, 1.82) is 0 Å². The fourth-order valence-corrected chi connectivity index (χ4v) is 1.81. The van der Waals surface area contributed by atoms with Crippen LogP contribution in [0.1, 0.15) is 39.0 Å². The van der Waals surface area contributed by atoms with Crippen LogP contribution in [0.15, 0.2) is 0 Å². The molecule has 0 aliphatic heterocycles. The summed E-state index contributed by atoms with van der Waals surface area (Å²) in [6, 6.07) is -0.931. The number of hydrogen-bond acceptors (Lipinski definition) is 4. The summed E-state index contributed by atoms with van der Waals surface area (Å²) in [7, 11) is 1.22. The Bertz CT molecular complexity index is 348. The Kier molecular flexibility index (Phi) is 4.69. The van der Waals surface area contributed by atoms with Crippen molar-refractivity contribution in [3.05, 3.63) is 0 Å². The summed E-state index contributed by atoms with van der Waals surface area (Å²) in [5, 5.41) is 11.4. The summed E-state index contributed by atoms with van der Waals surface area (Å²) in [6.45, 7) is 1.94. The summed E-state index contributed by atoms with van der Waals surface area (Å²) < 4.78 is 4.57. The molecule has 1 aliphatic carbocycles. The quantitative estimate of drug-likeness (QED) is 0.517. The highest BCUT2D eigenvalue weighted by Gasteiger charge is 2.58. The molecule has 18 heavy (non-hydrogen) atoms. The number of methoxy groups -OCH3 is 1. The van der Waals surface area contributed by atoms with Gasteiger partial charge in [0, 0.05) is 0 Å². The van der Waals surface area contributed by atoms with Gasteiger partial charge in [-0.2, -0.15) is 0 Å². The van der Waals surface area contributed by atoms with Gasteiger partial charge < -0.3 is 15.2 Å². The highest BCUT2D eigenvalue weighted by Crippen LogP contribution is 2.47. The number of esters is 1. The lowest BCUT2D eigenvalue weighted by molar-refractivity contribution is -0.154. The summed E-state index contributed by atoms with van der Waals surface area (Å²) >= 11 is 0. The van der Waals surface area contributed by atoms with Gasteiger partial charge in [-0.15, -0.1) is 0 Å². The van der Waals surface area contributed by atoms with Gasteiger partial charge in [0.25, 0.3) is 0 Å². The van der Waals surface area contributed by atoms with E-state index in [0.29, 0.717) is 25.7 Å². The molecule has 1 aliphatic rings. The normalized spacial score (nSPS) is 17.7. The lowest BCUT2D eigenvalue weighted by Crippen LogP contribution is -2.46. The van der Waals surface area contributed by atoms with Crippen LogP contribution in [-0.4, -0.2) is 36.1 Å². The third kappa shape index (κ3) is 3.00. The van der Waals surface area contributed by atoms with Crippen LogP contribution in [0, 0.1) is 5.41 Å². The van der Waals surface area contributed by atoms with Gasteiger partial charge in [0.15, 0.2) is 0 Å². The zero-order chi connectivity index (χ0) is 13.8. The lowest BCUT2D eigenvalue weighted by atomic mass is 10.0. The van der Waals surface area contributed by atoms with E-state index in [2.05, 4.69) is 10.1 Å². The van der Waals surface area contributed by atoms with E-state index in [4.69, 9.17) is 5.11 Å². The van der Waals surface area contributed by atoms with Crippen molar-refractivity contribution in [2.75, 3.05) is 7.11 Å². The van der Waals surface area contributed by atoms with Gasteiger partial charge in [-0.25, -0.2) is 4.79 Å². The van der Waals surface area contributed by atoms with E-state index in [1.165, 1.54) is 7.11 Å². The van der Waals surface area contributed by atoms with Gasteiger partial charge in [0.1, 0.15) is 11.5 Å². The molecule has 0 saturated heterocycles. The van der Waals surface area contributed by atoms with Crippen LogP contribution in [0.4, 0.5) is 0 Å². The zero-order valence-electron chi connectivity index (χ0n) is 10.7. The van der Waals surface area contributed by atoms with Crippen LogP contribution in [0.5, 0.6) is 0 Å². The molecule has 1 rings (SSSR count). The topological polar surface area (TPSA) is 92.7 Å². The molecule has 2 N–H and O–H groups in total. The lowest BCUT2D eigenvalue weighted by Gasteiger charge is -2.18. The van der Waals surface area contributed by atoms with E-state index in [1.54, 1.807) is 0 Å². The molecule has 0 spiro atoms. The predicted molar refractivity (Wildman–Crippen MR) is 62.8 cm³/mol. The van der Waals surface area contributed by atoms with Gasteiger partial charge >= 0.3 is 11.9 Å². The fourth-order valence-electron chi connectivity index (χ4n) is 1.81. The molecule has 1 saturated carbocycles. The standard InChI is InChI=1S/C12H19NO5/c1-3-4-5-8(9(14)15)13-10(16)12(6-7-12)11(17)18-2/h8H,3-7H2,1-2H3,(H,13,16)(H,14,15). The Hall–Kier alpha value is -1.59. The molecular formula is C12H19NO5. The number of rotatable bonds is 7. The number of hydrogen-bond donors (Lipinski definition) is 2. The molecule has 0 aromatic rings. The van der Waals surface area contributed by atoms with E-state index in [-0.39, 0.29) is 0 Å². The number of ether oxygens (including phenoxy) is 1. The molecule has 0 aromatic heterocycles. The van der Waals surface area contributed by atoms with E-state index >= 15 is 0 Å². The smallest absolute Gasteiger partial charge is 0.326 e. The maximum absolute atomic E-state index is 11.9. The van der Waals surface area contributed by atoms with Gasteiger partial charge in [-0.05, 0) is 19.3 Å². The maximum Gasteiger partial charge on any atom is 0.326 e. The average Bonchev–Trinajstić information content (AvgIpc) is 3.14. The van der Waals surface area contributed by atoms with Crippen LogP contribution in [0.2, 0.25) is 0 Å². The SMILES string of the molecule is CCCCC(NC(=O)C1(C(=O)OC)CC1)C(=O)O. The molecule has 1 amide bonds. The minimum atomic E-state index is -1.14. The average molecular weight is 257 g/mol. The monoisotopic (exact) mass is 257 g/mol. The fraction of sp³-hybridized carbons (Fsp3) is 0.750. The first-order valence-corrected chi connectivity index (χ1v) is 6.10. The third-order valence-electron chi connectivity index (χ3n) is 3.21. The number of unbranched alkanes of at least 4 members (excludes halogenated alkanes) is 1. The van der Waals surface area contributed by atoms with Crippen molar-refractivity contribution in [3.63, 3.8) is 0 Å². The molecule has 0 bridgehead atoms. The Balaban J connectivity index is 2.62. The van der Waals surface area contributed by atoms with Crippen molar-refractivity contribution in [1.82, 2.24) is 5.32 Å². The first-order valence-electron chi connectivity index (χ1n) is 6.10. The Morgan fingerprint density at radius 1 is 1.39 bits per heavy atom. The Morgan fingerprint density at radius 3 is 2.39 bits per heavy atom. The second kappa shape index (κ2) is 5.84. The highest BCUT2D eigenvalue weighted by molar-refractivity contribution is 6.06. The van der Waals surface area contributed by atoms with Crippen LogP contribution in [-0.2, 0) is 19.1 Å². The van der Waals surface area contributed by atoms with E-state index in [1.807, 2.05) is 6.92 Å². The highest BCUT2D eigenvalue weighted by atomic mass is 16.5. The number of nitrogens with one attached hydrogen (secondary N) is 1.